The summed E-state index contributed by atoms with van der Waals surface area (Å²) in [5, 5.41) is 12.7. The minimum atomic E-state index is -0.562. The second-order valence-electron chi connectivity index (χ2n) is 8.49. The van der Waals surface area contributed by atoms with Gasteiger partial charge in [-0.3, -0.25) is 14.9 Å². The largest absolute Gasteiger partial charge is 0.334 e. The van der Waals surface area contributed by atoms with Crippen molar-refractivity contribution in [3.63, 3.8) is 0 Å². The van der Waals surface area contributed by atoms with Crippen molar-refractivity contribution in [1.29, 1.82) is 0 Å². The lowest BCUT2D eigenvalue weighted by atomic mass is 9.79. The van der Waals surface area contributed by atoms with Crippen molar-refractivity contribution in [1.82, 2.24) is 15.1 Å². The molecule has 2 atom stereocenters. The molecule has 0 unspecified atom stereocenters. The van der Waals surface area contributed by atoms with Crippen LogP contribution in [-0.4, -0.2) is 34.0 Å². The lowest BCUT2D eigenvalue weighted by Crippen LogP contribution is -2.44. The second-order valence-corrected chi connectivity index (χ2v) is 9.47. The fourth-order valence-electron chi connectivity index (χ4n) is 3.78. The quantitative estimate of drug-likeness (QED) is 0.682. The highest BCUT2D eigenvalue weighted by Crippen LogP contribution is 2.42. The van der Waals surface area contributed by atoms with Gasteiger partial charge in [0.1, 0.15) is 5.01 Å². The fourth-order valence-corrected chi connectivity index (χ4v) is 4.59. The molecule has 154 valence electrons. The Kier molecular flexibility index (Phi) is 5.15. The molecule has 2 aromatic carbocycles. The van der Waals surface area contributed by atoms with Crippen LogP contribution in [0.4, 0.5) is 5.13 Å². The molecule has 0 radical (unpaired) electrons. The summed E-state index contributed by atoms with van der Waals surface area (Å²) in [6.07, 6.45) is 0. The van der Waals surface area contributed by atoms with Crippen molar-refractivity contribution in [3.05, 3.63) is 76.3 Å². The number of benzene rings is 2. The standard InChI is InChI=1S/C23H24N4O2S/c1-23(2,3)21-25-26-22(30-21)24-19(28)17-15-12-8-9-13-16(15)20(29)27(4)18(17)14-10-6-5-7-11-14/h5-13,17-18H,1-4H3,(H,24,26,28)/t17-,18-/m1/s1. The Labute approximate surface area is 180 Å². The number of rotatable bonds is 3. The summed E-state index contributed by atoms with van der Waals surface area (Å²) in [6.45, 7) is 6.17. The molecule has 1 aliphatic rings. The molecule has 6 nitrogen and oxygen atoms in total. The maximum absolute atomic E-state index is 13.5. The molecule has 1 N–H and O–H groups in total. The summed E-state index contributed by atoms with van der Waals surface area (Å²) < 4.78 is 0. The zero-order valence-corrected chi connectivity index (χ0v) is 18.2. The number of amides is 2. The molecule has 3 aromatic rings. The average molecular weight is 421 g/mol. The van der Waals surface area contributed by atoms with Crippen LogP contribution in [0.15, 0.2) is 54.6 Å². The van der Waals surface area contributed by atoms with Gasteiger partial charge in [-0.05, 0) is 17.2 Å². The first-order valence-electron chi connectivity index (χ1n) is 9.83. The third kappa shape index (κ3) is 3.61. The maximum atomic E-state index is 13.5. The Morgan fingerprint density at radius 2 is 1.70 bits per heavy atom. The molecule has 7 heteroatoms. The highest BCUT2D eigenvalue weighted by Gasteiger charge is 2.42. The van der Waals surface area contributed by atoms with Crippen LogP contribution < -0.4 is 5.32 Å². The van der Waals surface area contributed by atoms with E-state index in [1.807, 2.05) is 48.5 Å². The summed E-state index contributed by atoms with van der Waals surface area (Å²) in [7, 11) is 1.75. The van der Waals surface area contributed by atoms with Gasteiger partial charge in [-0.25, -0.2) is 0 Å². The number of hydrogen-bond acceptors (Lipinski definition) is 5. The SMILES string of the molecule is CN1C(=O)c2ccccc2[C@@H](C(=O)Nc2nnc(C(C)(C)C)s2)[C@H]1c1ccccc1. The molecular formula is C23H24N4O2S. The minimum Gasteiger partial charge on any atom is -0.334 e. The van der Waals surface area contributed by atoms with Crippen LogP contribution in [0.3, 0.4) is 0 Å². The molecule has 30 heavy (non-hydrogen) atoms. The lowest BCUT2D eigenvalue weighted by molar-refractivity contribution is -0.119. The Balaban J connectivity index is 1.75. The number of carbonyl (C=O) groups excluding carboxylic acids is 2. The summed E-state index contributed by atoms with van der Waals surface area (Å²) in [4.78, 5) is 28.2. The number of likely N-dealkylation sites (N-methyl/N-ethyl adjacent to an activating group) is 1. The first-order chi connectivity index (χ1) is 14.3. The van der Waals surface area contributed by atoms with Gasteiger partial charge in [-0.15, -0.1) is 10.2 Å². The van der Waals surface area contributed by atoms with E-state index >= 15 is 0 Å². The van der Waals surface area contributed by atoms with Gasteiger partial charge in [0.25, 0.3) is 5.91 Å². The minimum absolute atomic E-state index is 0.0885. The van der Waals surface area contributed by atoms with Crippen LogP contribution in [0.2, 0.25) is 0 Å². The van der Waals surface area contributed by atoms with E-state index in [1.165, 1.54) is 11.3 Å². The first kappa shape index (κ1) is 20.2. The first-order valence-corrected chi connectivity index (χ1v) is 10.6. The summed E-state index contributed by atoms with van der Waals surface area (Å²) >= 11 is 1.38. The number of anilines is 1. The highest BCUT2D eigenvalue weighted by molar-refractivity contribution is 7.15. The van der Waals surface area contributed by atoms with Crippen LogP contribution in [0, 0.1) is 0 Å². The predicted molar refractivity (Wildman–Crippen MR) is 118 cm³/mol. The predicted octanol–water partition coefficient (Wildman–Crippen LogP) is 4.38. The molecule has 4 rings (SSSR count). The number of fused-ring (bicyclic) bond motifs is 1. The van der Waals surface area contributed by atoms with E-state index in [9.17, 15) is 9.59 Å². The zero-order valence-electron chi connectivity index (χ0n) is 17.4. The van der Waals surface area contributed by atoms with Gasteiger partial charge in [-0.1, -0.05) is 80.6 Å². The molecule has 1 aromatic heterocycles. The van der Waals surface area contributed by atoms with E-state index in [4.69, 9.17) is 0 Å². The van der Waals surface area contributed by atoms with Crippen LogP contribution >= 0.6 is 11.3 Å². The van der Waals surface area contributed by atoms with Crippen LogP contribution in [0.25, 0.3) is 0 Å². The molecule has 0 bridgehead atoms. The Morgan fingerprint density at radius 3 is 2.37 bits per heavy atom. The summed E-state index contributed by atoms with van der Waals surface area (Å²) in [5.41, 5.74) is 2.06. The van der Waals surface area contributed by atoms with Gasteiger partial charge in [-0.2, -0.15) is 0 Å². The van der Waals surface area contributed by atoms with E-state index in [1.54, 1.807) is 18.0 Å². The zero-order chi connectivity index (χ0) is 21.5. The number of carbonyl (C=O) groups is 2. The maximum Gasteiger partial charge on any atom is 0.254 e. The van der Waals surface area contributed by atoms with Crippen molar-refractivity contribution in [3.8, 4) is 0 Å². The van der Waals surface area contributed by atoms with Crippen molar-refractivity contribution >= 4 is 28.3 Å². The Morgan fingerprint density at radius 1 is 1.03 bits per heavy atom. The molecule has 0 spiro atoms. The van der Waals surface area contributed by atoms with Gasteiger partial charge in [0.15, 0.2) is 0 Å². The van der Waals surface area contributed by atoms with Crippen molar-refractivity contribution in [2.45, 2.75) is 38.1 Å². The topological polar surface area (TPSA) is 75.2 Å². The second kappa shape index (κ2) is 7.65. The molecule has 0 saturated carbocycles. The molecule has 0 saturated heterocycles. The Bertz CT molecular complexity index is 1090. The van der Waals surface area contributed by atoms with Gasteiger partial charge in [0.05, 0.1) is 12.0 Å². The molecule has 1 aliphatic heterocycles. The molecular weight excluding hydrogens is 396 g/mol. The number of aromatic nitrogens is 2. The average Bonchev–Trinajstić information content (AvgIpc) is 3.20. The summed E-state index contributed by atoms with van der Waals surface area (Å²) in [5.74, 6) is -0.852. The van der Waals surface area contributed by atoms with Gasteiger partial charge in [0, 0.05) is 18.0 Å². The van der Waals surface area contributed by atoms with Crippen molar-refractivity contribution in [2.24, 2.45) is 0 Å². The van der Waals surface area contributed by atoms with Gasteiger partial charge < -0.3 is 4.90 Å². The highest BCUT2D eigenvalue weighted by atomic mass is 32.1. The molecule has 2 amide bonds. The lowest BCUT2D eigenvalue weighted by Gasteiger charge is -2.39. The third-order valence-electron chi connectivity index (χ3n) is 5.30. The third-order valence-corrected chi connectivity index (χ3v) is 6.56. The normalized spacial score (nSPS) is 18.8. The van der Waals surface area contributed by atoms with Crippen LogP contribution in [0.5, 0.6) is 0 Å². The Hall–Kier alpha value is -3.06. The van der Waals surface area contributed by atoms with Crippen LogP contribution in [-0.2, 0) is 10.2 Å². The number of nitrogens with one attached hydrogen (secondary N) is 1. The molecule has 2 heterocycles. The monoisotopic (exact) mass is 420 g/mol. The fraction of sp³-hybridized carbons (Fsp3) is 0.304. The smallest absolute Gasteiger partial charge is 0.254 e. The number of nitrogens with zero attached hydrogens (tertiary/aromatic N) is 3. The van der Waals surface area contributed by atoms with E-state index < -0.39 is 12.0 Å². The molecule has 0 fully saturated rings. The van der Waals surface area contributed by atoms with E-state index in [2.05, 4.69) is 36.3 Å². The van der Waals surface area contributed by atoms with E-state index in [0.717, 1.165) is 16.1 Å². The van der Waals surface area contributed by atoms with Crippen molar-refractivity contribution < 1.29 is 9.59 Å². The summed E-state index contributed by atoms with van der Waals surface area (Å²) in [6, 6.07) is 16.6. The van der Waals surface area contributed by atoms with E-state index in [0.29, 0.717) is 10.7 Å². The number of hydrogen-bond donors (Lipinski definition) is 1. The van der Waals surface area contributed by atoms with Crippen molar-refractivity contribution in [2.75, 3.05) is 12.4 Å². The molecule has 0 aliphatic carbocycles. The van der Waals surface area contributed by atoms with Crippen LogP contribution in [0.1, 0.15) is 59.2 Å². The van der Waals surface area contributed by atoms with E-state index in [-0.39, 0.29) is 17.2 Å². The van der Waals surface area contributed by atoms with Gasteiger partial charge >= 0.3 is 0 Å². The van der Waals surface area contributed by atoms with Gasteiger partial charge in [0.2, 0.25) is 11.0 Å².